The minimum atomic E-state index is -0.122. The Morgan fingerprint density at radius 2 is 2.27 bits per heavy atom. The van der Waals surface area contributed by atoms with Gasteiger partial charge in [-0.3, -0.25) is 4.68 Å². The molecule has 124 valence electrons. The summed E-state index contributed by atoms with van der Waals surface area (Å²) in [5, 5.41) is 10.3. The maximum Gasteiger partial charge on any atom is 0.315 e. The highest BCUT2D eigenvalue weighted by atomic mass is 16.5. The number of urea groups is 1. The van der Waals surface area contributed by atoms with E-state index >= 15 is 0 Å². The maximum absolute atomic E-state index is 11.9. The van der Waals surface area contributed by atoms with Gasteiger partial charge in [-0.2, -0.15) is 5.10 Å². The van der Waals surface area contributed by atoms with Gasteiger partial charge < -0.3 is 15.4 Å². The Hall–Kier alpha value is -1.56. The van der Waals surface area contributed by atoms with Gasteiger partial charge in [0.25, 0.3) is 0 Å². The largest absolute Gasteiger partial charge is 0.376 e. The number of amides is 2. The molecule has 0 saturated carbocycles. The Morgan fingerprint density at radius 1 is 1.50 bits per heavy atom. The van der Waals surface area contributed by atoms with Gasteiger partial charge in [0.2, 0.25) is 0 Å². The molecule has 0 unspecified atom stereocenters. The summed E-state index contributed by atoms with van der Waals surface area (Å²) in [5.74, 6) is 0.321. The van der Waals surface area contributed by atoms with Gasteiger partial charge in [0.15, 0.2) is 0 Å². The molecular formula is C16H28N4O2. The first kappa shape index (κ1) is 16.8. The van der Waals surface area contributed by atoms with Crippen molar-refractivity contribution in [3.05, 3.63) is 17.5 Å². The van der Waals surface area contributed by atoms with Gasteiger partial charge in [-0.1, -0.05) is 6.92 Å². The molecule has 1 aliphatic heterocycles. The fourth-order valence-corrected chi connectivity index (χ4v) is 2.83. The summed E-state index contributed by atoms with van der Waals surface area (Å²) in [6.45, 7) is 10.4. The van der Waals surface area contributed by atoms with Crippen molar-refractivity contribution in [2.75, 3.05) is 13.2 Å². The fraction of sp³-hybridized carbons (Fsp3) is 0.750. The lowest BCUT2D eigenvalue weighted by Crippen LogP contribution is -2.47. The Labute approximate surface area is 132 Å². The first-order valence-electron chi connectivity index (χ1n) is 8.12. The van der Waals surface area contributed by atoms with Crippen LogP contribution >= 0.6 is 0 Å². The van der Waals surface area contributed by atoms with Gasteiger partial charge in [-0.15, -0.1) is 0 Å². The summed E-state index contributed by atoms with van der Waals surface area (Å²) in [6, 6.07) is 1.99. The van der Waals surface area contributed by atoms with E-state index in [9.17, 15) is 4.79 Å². The molecule has 6 heteroatoms. The smallest absolute Gasteiger partial charge is 0.315 e. The van der Waals surface area contributed by atoms with Gasteiger partial charge in [-0.05, 0) is 45.6 Å². The highest BCUT2D eigenvalue weighted by Gasteiger charge is 2.23. The molecule has 0 bridgehead atoms. The number of aromatic nitrogens is 2. The van der Waals surface area contributed by atoms with Crippen LogP contribution in [0.1, 0.15) is 38.1 Å². The van der Waals surface area contributed by atoms with E-state index in [0.717, 1.165) is 37.4 Å². The molecule has 2 amide bonds. The first-order chi connectivity index (χ1) is 10.5. The van der Waals surface area contributed by atoms with E-state index < -0.39 is 0 Å². The maximum atomic E-state index is 11.9. The van der Waals surface area contributed by atoms with Crippen molar-refractivity contribution in [3.8, 4) is 0 Å². The number of carbonyl (C=O) groups excluding carboxylic acids is 1. The zero-order valence-electron chi connectivity index (χ0n) is 14.1. The van der Waals surface area contributed by atoms with Crippen LogP contribution in [-0.2, 0) is 11.3 Å². The van der Waals surface area contributed by atoms with Crippen molar-refractivity contribution in [2.24, 2.45) is 5.92 Å². The zero-order valence-corrected chi connectivity index (χ0v) is 14.1. The number of rotatable bonds is 6. The minimum Gasteiger partial charge on any atom is -0.376 e. The van der Waals surface area contributed by atoms with Crippen LogP contribution in [0.25, 0.3) is 0 Å². The van der Waals surface area contributed by atoms with Gasteiger partial charge >= 0.3 is 6.03 Å². The average Bonchev–Trinajstić information content (AvgIpc) is 3.07. The highest BCUT2D eigenvalue weighted by molar-refractivity contribution is 5.74. The average molecular weight is 308 g/mol. The van der Waals surface area contributed by atoms with Crippen molar-refractivity contribution in [1.82, 2.24) is 20.4 Å². The summed E-state index contributed by atoms with van der Waals surface area (Å²) in [6.07, 6.45) is 2.26. The molecule has 0 aliphatic carbocycles. The minimum absolute atomic E-state index is 0.0498. The Morgan fingerprint density at radius 3 is 2.86 bits per heavy atom. The first-order valence-corrected chi connectivity index (χ1v) is 8.12. The normalized spacial score (nSPS) is 20.6. The molecule has 22 heavy (non-hydrogen) atoms. The number of nitrogens with zero attached hydrogens (tertiary/aromatic N) is 2. The fourth-order valence-electron chi connectivity index (χ4n) is 2.83. The van der Waals surface area contributed by atoms with Crippen molar-refractivity contribution < 1.29 is 9.53 Å². The number of nitrogens with one attached hydrogen (secondary N) is 2. The monoisotopic (exact) mass is 308 g/mol. The Bertz CT molecular complexity index is 494. The van der Waals surface area contributed by atoms with Crippen LogP contribution in [0.5, 0.6) is 0 Å². The molecule has 0 radical (unpaired) electrons. The third-order valence-corrected chi connectivity index (χ3v) is 4.08. The summed E-state index contributed by atoms with van der Waals surface area (Å²) in [4.78, 5) is 11.9. The lowest BCUT2D eigenvalue weighted by atomic mass is 10.1. The predicted molar refractivity (Wildman–Crippen MR) is 85.8 cm³/mol. The summed E-state index contributed by atoms with van der Waals surface area (Å²) in [7, 11) is 0. The van der Waals surface area contributed by atoms with Crippen LogP contribution < -0.4 is 10.6 Å². The van der Waals surface area contributed by atoms with E-state index in [4.69, 9.17) is 4.74 Å². The summed E-state index contributed by atoms with van der Waals surface area (Å²) >= 11 is 0. The quantitative estimate of drug-likeness (QED) is 0.844. The molecule has 2 N–H and O–H groups in total. The van der Waals surface area contributed by atoms with Gasteiger partial charge in [0, 0.05) is 25.4 Å². The molecule has 2 heterocycles. The molecule has 1 aromatic heterocycles. The molecular weight excluding hydrogens is 280 g/mol. The third kappa shape index (κ3) is 4.73. The molecule has 6 nitrogen and oxygen atoms in total. The zero-order chi connectivity index (χ0) is 16.1. The van der Waals surface area contributed by atoms with Gasteiger partial charge in [0.1, 0.15) is 0 Å². The van der Waals surface area contributed by atoms with Crippen LogP contribution in [-0.4, -0.2) is 41.1 Å². The van der Waals surface area contributed by atoms with Crippen LogP contribution in [0.4, 0.5) is 4.79 Å². The number of carbonyl (C=O) groups is 1. The number of hydrogen-bond acceptors (Lipinski definition) is 3. The molecule has 1 saturated heterocycles. The molecule has 3 atom stereocenters. The number of hydrogen-bond donors (Lipinski definition) is 2. The van der Waals surface area contributed by atoms with Crippen molar-refractivity contribution in [3.63, 3.8) is 0 Å². The Balaban J connectivity index is 1.70. The predicted octanol–water partition coefficient (Wildman–Crippen LogP) is 2.00. The van der Waals surface area contributed by atoms with Crippen molar-refractivity contribution >= 4 is 6.03 Å². The van der Waals surface area contributed by atoms with E-state index in [2.05, 4.69) is 35.6 Å². The number of aryl methyl sites for hydroxylation is 2. The van der Waals surface area contributed by atoms with Crippen molar-refractivity contribution in [1.29, 1.82) is 0 Å². The molecule has 1 aliphatic rings. The van der Waals surface area contributed by atoms with Crippen LogP contribution in [0, 0.1) is 19.8 Å². The second-order valence-electron chi connectivity index (χ2n) is 6.41. The standard InChI is InChI=1S/C16H28N4O2/c1-11(10-20-13(3)8-12(2)19-20)9-17-16(21)18-14(4)15-6-5-7-22-15/h8,11,14-15H,5-7,9-10H2,1-4H3,(H2,17,18,21)/t11-,14+,15+/m1/s1. The summed E-state index contributed by atoms with van der Waals surface area (Å²) < 4.78 is 7.58. The SMILES string of the molecule is Cc1cc(C)n(C[C@H](C)CNC(=O)N[C@@H](C)[C@@H]2CCCO2)n1. The van der Waals surface area contributed by atoms with E-state index in [0.29, 0.717) is 12.5 Å². The van der Waals surface area contributed by atoms with Gasteiger partial charge in [-0.25, -0.2) is 4.79 Å². The second kappa shape index (κ2) is 7.63. The number of ether oxygens (including phenoxy) is 1. The molecule has 0 aromatic carbocycles. The highest BCUT2D eigenvalue weighted by Crippen LogP contribution is 2.15. The van der Waals surface area contributed by atoms with Crippen LogP contribution in [0.2, 0.25) is 0 Å². The second-order valence-corrected chi connectivity index (χ2v) is 6.41. The topological polar surface area (TPSA) is 68.2 Å². The van der Waals surface area contributed by atoms with E-state index in [1.165, 1.54) is 0 Å². The Kier molecular flexibility index (Phi) is 5.83. The molecule has 2 rings (SSSR count). The van der Waals surface area contributed by atoms with E-state index in [1.54, 1.807) is 0 Å². The van der Waals surface area contributed by atoms with Crippen LogP contribution in [0.15, 0.2) is 6.07 Å². The molecule has 1 aromatic rings. The lowest BCUT2D eigenvalue weighted by molar-refractivity contribution is 0.0859. The lowest BCUT2D eigenvalue weighted by Gasteiger charge is -2.21. The molecule has 0 spiro atoms. The molecule has 1 fully saturated rings. The van der Waals surface area contributed by atoms with Crippen molar-refractivity contribution in [2.45, 2.75) is 59.2 Å². The van der Waals surface area contributed by atoms with E-state index in [-0.39, 0.29) is 18.2 Å². The summed E-state index contributed by atoms with van der Waals surface area (Å²) in [5.41, 5.74) is 2.18. The van der Waals surface area contributed by atoms with Gasteiger partial charge in [0.05, 0.1) is 17.8 Å². The van der Waals surface area contributed by atoms with E-state index in [1.807, 2.05) is 18.5 Å². The van der Waals surface area contributed by atoms with Crippen LogP contribution in [0.3, 0.4) is 0 Å². The third-order valence-electron chi connectivity index (χ3n) is 4.08.